The zero-order valence-corrected chi connectivity index (χ0v) is 16.9. The summed E-state index contributed by atoms with van der Waals surface area (Å²) in [4.78, 5) is 27.3. The summed E-state index contributed by atoms with van der Waals surface area (Å²) in [6.45, 7) is 0. The maximum absolute atomic E-state index is 12.9. The lowest BCUT2D eigenvalue weighted by Crippen LogP contribution is -2.26. The van der Waals surface area contributed by atoms with Crippen molar-refractivity contribution >= 4 is 23.2 Å². The fraction of sp³-hybridized carbons (Fsp3) is 0.200. The lowest BCUT2D eigenvalue weighted by Gasteiger charge is -2.27. The first-order chi connectivity index (χ1) is 14.6. The summed E-state index contributed by atoms with van der Waals surface area (Å²) < 4.78 is 5.96. The Bertz CT molecular complexity index is 1050. The average Bonchev–Trinajstić information content (AvgIpc) is 2.76. The number of carbonyl (C=O) groups excluding carboxylic acids is 2. The molecule has 0 aliphatic heterocycles. The summed E-state index contributed by atoms with van der Waals surface area (Å²) in [5, 5.41) is 2.89. The molecule has 0 radical (unpaired) electrons. The van der Waals surface area contributed by atoms with Gasteiger partial charge in [-0.05, 0) is 61.7 Å². The molecule has 0 spiro atoms. The average molecular weight is 400 g/mol. The highest BCUT2D eigenvalue weighted by molar-refractivity contribution is 6.09. The van der Waals surface area contributed by atoms with Crippen molar-refractivity contribution in [2.75, 3.05) is 17.3 Å². The highest BCUT2D eigenvalue weighted by Crippen LogP contribution is 2.28. The number of amides is 2. The van der Waals surface area contributed by atoms with Crippen LogP contribution in [0.2, 0.25) is 0 Å². The number of nitrogens with one attached hydrogen (secondary N) is 1. The number of ether oxygens (including phenoxy) is 1. The maximum Gasteiger partial charge on any atom is 0.259 e. The van der Waals surface area contributed by atoms with Crippen LogP contribution in [0.25, 0.3) is 0 Å². The molecule has 3 aromatic carbocycles. The molecule has 1 aliphatic carbocycles. The van der Waals surface area contributed by atoms with E-state index >= 15 is 0 Å². The van der Waals surface area contributed by atoms with Gasteiger partial charge in [0.25, 0.3) is 11.8 Å². The molecular weight excluding hydrogens is 376 g/mol. The first kappa shape index (κ1) is 19.7. The van der Waals surface area contributed by atoms with Gasteiger partial charge in [0.2, 0.25) is 0 Å². The van der Waals surface area contributed by atoms with Gasteiger partial charge in [0.05, 0.1) is 11.7 Å². The largest absolute Gasteiger partial charge is 0.490 e. The summed E-state index contributed by atoms with van der Waals surface area (Å²) in [6.07, 6.45) is 3.40. The van der Waals surface area contributed by atoms with E-state index in [9.17, 15) is 9.59 Å². The van der Waals surface area contributed by atoms with Crippen LogP contribution in [-0.4, -0.2) is 25.0 Å². The molecule has 3 aromatic rings. The topological polar surface area (TPSA) is 58.6 Å². The number of nitrogens with zero attached hydrogens (tertiary/aromatic N) is 1. The van der Waals surface area contributed by atoms with Gasteiger partial charge >= 0.3 is 0 Å². The molecule has 0 bridgehead atoms. The van der Waals surface area contributed by atoms with E-state index in [1.165, 1.54) is 0 Å². The first-order valence-electron chi connectivity index (χ1n) is 10.1. The van der Waals surface area contributed by atoms with Gasteiger partial charge in [0.1, 0.15) is 5.75 Å². The van der Waals surface area contributed by atoms with Crippen molar-refractivity contribution in [3.05, 3.63) is 90.0 Å². The van der Waals surface area contributed by atoms with E-state index in [1.807, 2.05) is 48.5 Å². The van der Waals surface area contributed by atoms with Crippen LogP contribution in [0.15, 0.2) is 78.9 Å². The fourth-order valence-corrected chi connectivity index (χ4v) is 3.32. The predicted octanol–water partition coefficient (Wildman–Crippen LogP) is 5.15. The molecule has 1 saturated carbocycles. The van der Waals surface area contributed by atoms with Crippen molar-refractivity contribution in [3.63, 3.8) is 0 Å². The molecular formula is C25H24N2O3. The predicted molar refractivity (Wildman–Crippen MR) is 118 cm³/mol. The van der Waals surface area contributed by atoms with Gasteiger partial charge < -0.3 is 15.0 Å². The molecule has 30 heavy (non-hydrogen) atoms. The Morgan fingerprint density at radius 3 is 2.40 bits per heavy atom. The Kier molecular flexibility index (Phi) is 5.80. The molecule has 152 valence electrons. The molecule has 5 nitrogen and oxygen atoms in total. The number of rotatable bonds is 6. The minimum absolute atomic E-state index is 0.147. The minimum Gasteiger partial charge on any atom is -0.490 e. The van der Waals surface area contributed by atoms with E-state index in [0.29, 0.717) is 22.6 Å². The van der Waals surface area contributed by atoms with Crippen LogP contribution in [0.4, 0.5) is 11.4 Å². The third kappa shape index (κ3) is 4.35. The summed E-state index contributed by atoms with van der Waals surface area (Å²) >= 11 is 0. The molecule has 5 heteroatoms. The van der Waals surface area contributed by atoms with E-state index in [0.717, 1.165) is 24.9 Å². The number of benzene rings is 3. The van der Waals surface area contributed by atoms with Crippen molar-refractivity contribution in [2.24, 2.45) is 0 Å². The van der Waals surface area contributed by atoms with Gasteiger partial charge in [-0.25, -0.2) is 0 Å². The third-order valence-electron chi connectivity index (χ3n) is 5.29. The van der Waals surface area contributed by atoms with Gasteiger partial charge in [-0.3, -0.25) is 9.59 Å². The van der Waals surface area contributed by atoms with Crippen LogP contribution >= 0.6 is 0 Å². The van der Waals surface area contributed by atoms with Gasteiger partial charge in [0.15, 0.2) is 0 Å². The third-order valence-corrected chi connectivity index (χ3v) is 5.29. The first-order valence-corrected chi connectivity index (χ1v) is 10.1. The molecule has 0 aromatic heterocycles. The van der Waals surface area contributed by atoms with E-state index in [2.05, 4.69) is 5.32 Å². The highest BCUT2D eigenvalue weighted by Gasteiger charge is 2.22. The summed E-state index contributed by atoms with van der Waals surface area (Å²) in [7, 11) is 1.73. The quantitative estimate of drug-likeness (QED) is 0.623. The fourth-order valence-electron chi connectivity index (χ4n) is 3.32. The van der Waals surface area contributed by atoms with E-state index in [4.69, 9.17) is 4.74 Å². The van der Waals surface area contributed by atoms with Gasteiger partial charge in [-0.15, -0.1) is 0 Å². The second-order valence-electron chi connectivity index (χ2n) is 7.40. The lowest BCUT2D eigenvalue weighted by atomic mass is 9.96. The Labute approximate surface area is 176 Å². The SMILES string of the molecule is CN(C(=O)c1cccc(NC(=O)c2ccccc2OC2CCC2)c1)c1ccccc1. The van der Waals surface area contributed by atoms with Crippen LogP contribution in [0, 0.1) is 0 Å². The van der Waals surface area contributed by atoms with Crippen molar-refractivity contribution < 1.29 is 14.3 Å². The van der Waals surface area contributed by atoms with Gasteiger partial charge in [-0.1, -0.05) is 36.4 Å². The monoisotopic (exact) mass is 400 g/mol. The Morgan fingerprint density at radius 2 is 1.67 bits per heavy atom. The molecule has 4 rings (SSSR count). The molecule has 1 fully saturated rings. The van der Waals surface area contributed by atoms with Crippen molar-refractivity contribution in [1.29, 1.82) is 0 Å². The van der Waals surface area contributed by atoms with E-state index in [-0.39, 0.29) is 17.9 Å². The zero-order chi connectivity index (χ0) is 20.9. The zero-order valence-electron chi connectivity index (χ0n) is 16.9. The highest BCUT2D eigenvalue weighted by atomic mass is 16.5. The van der Waals surface area contributed by atoms with Crippen molar-refractivity contribution in [2.45, 2.75) is 25.4 Å². The molecule has 1 N–H and O–H groups in total. The second kappa shape index (κ2) is 8.82. The van der Waals surface area contributed by atoms with E-state index < -0.39 is 0 Å². The minimum atomic E-state index is -0.258. The van der Waals surface area contributed by atoms with E-state index in [1.54, 1.807) is 42.3 Å². The molecule has 0 atom stereocenters. The number of carbonyl (C=O) groups is 2. The number of anilines is 2. The summed E-state index contributed by atoms with van der Waals surface area (Å²) in [5.41, 5.74) is 2.35. The molecule has 0 saturated heterocycles. The van der Waals surface area contributed by atoms with Crippen LogP contribution in [0.3, 0.4) is 0 Å². The maximum atomic E-state index is 12.9. The second-order valence-corrected chi connectivity index (χ2v) is 7.40. The number of hydrogen-bond donors (Lipinski definition) is 1. The van der Waals surface area contributed by atoms with Crippen molar-refractivity contribution in [1.82, 2.24) is 0 Å². The summed E-state index contributed by atoms with van der Waals surface area (Å²) in [5.74, 6) is 0.188. The van der Waals surface area contributed by atoms with Crippen LogP contribution in [0.1, 0.15) is 40.0 Å². The van der Waals surface area contributed by atoms with Crippen LogP contribution in [0.5, 0.6) is 5.75 Å². The van der Waals surface area contributed by atoms with Crippen LogP contribution < -0.4 is 15.0 Å². The number of hydrogen-bond acceptors (Lipinski definition) is 3. The lowest BCUT2D eigenvalue weighted by molar-refractivity contribution is 0.0981. The molecule has 0 heterocycles. The Hall–Kier alpha value is -3.60. The molecule has 2 amide bonds. The standard InChI is InChI=1S/C25H24N2O3/c1-27(20-11-3-2-4-12-20)25(29)18-9-7-10-19(17-18)26-24(28)22-15-5-6-16-23(22)30-21-13-8-14-21/h2-7,9-12,15-17,21H,8,13-14H2,1H3,(H,26,28). The van der Waals surface area contributed by atoms with Gasteiger partial charge in [-0.2, -0.15) is 0 Å². The van der Waals surface area contributed by atoms with Gasteiger partial charge in [0, 0.05) is 24.0 Å². The Balaban J connectivity index is 1.49. The smallest absolute Gasteiger partial charge is 0.259 e. The normalized spacial score (nSPS) is 13.2. The number of para-hydroxylation sites is 2. The van der Waals surface area contributed by atoms with Crippen LogP contribution in [-0.2, 0) is 0 Å². The Morgan fingerprint density at radius 1 is 0.933 bits per heavy atom. The molecule has 0 unspecified atom stereocenters. The summed E-state index contributed by atoms with van der Waals surface area (Å²) in [6, 6.07) is 23.7. The van der Waals surface area contributed by atoms with Crippen molar-refractivity contribution in [3.8, 4) is 5.75 Å². The molecule has 1 aliphatic rings.